The van der Waals surface area contributed by atoms with Crippen LogP contribution in [0.5, 0.6) is 5.75 Å². The normalized spacial score (nSPS) is 12.8. The van der Waals surface area contributed by atoms with E-state index in [0.29, 0.717) is 41.9 Å². The molecule has 4 aromatic rings. The van der Waals surface area contributed by atoms with E-state index in [-0.39, 0.29) is 30.0 Å². The number of ether oxygens (including phenoxy) is 1. The van der Waals surface area contributed by atoms with Crippen molar-refractivity contribution in [2.24, 2.45) is 0 Å². The molecule has 1 amide bonds. The molecule has 0 fully saturated rings. The second kappa shape index (κ2) is 10.7. The zero-order valence-corrected chi connectivity index (χ0v) is 20.4. The van der Waals surface area contributed by atoms with Gasteiger partial charge in [-0.3, -0.25) is 9.59 Å². The number of carbonyl (C=O) groups is 1. The maximum absolute atomic E-state index is 12.7. The van der Waals surface area contributed by atoms with E-state index in [4.69, 9.17) is 16.3 Å². The number of aromatic amines is 1. The summed E-state index contributed by atoms with van der Waals surface area (Å²) in [6, 6.07) is 22.9. The molecule has 0 unspecified atom stereocenters. The molecule has 1 N–H and O–H groups in total. The van der Waals surface area contributed by atoms with E-state index in [1.54, 1.807) is 24.3 Å². The van der Waals surface area contributed by atoms with Crippen LogP contribution in [0.3, 0.4) is 0 Å². The summed E-state index contributed by atoms with van der Waals surface area (Å²) in [6.45, 7) is 1.65. The quantitative estimate of drug-likeness (QED) is 0.401. The minimum absolute atomic E-state index is 0.0159. The number of rotatable bonds is 7. The van der Waals surface area contributed by atoms with E-state index < -0.39 is 0 Å². The molecule has 36 heavy (non-hydrogen) atoms. The van der Waals surface area contributed by atoms with Gasteiger partial charge >= 0.3 is 0 Å². The second-order valence-electron chi connectivity index (χ2n) is 8.69. The third-order valence-electron chi connectivity index (χ3n) is 6.30. The van der Waals surface area contributed by atoms with Crippen molar-refractivity contribution >= 4 is 17.5 Å². The smallest absolute Gasteiger partial charge is 0.273 e. The number of benzene rings is 3. The van der Waals surface area contributed by atoms with Crippen LogP contribution in [0.2, 0.25) is 5.02 Å². The summed E-state index contributed by atoms with van der Waals surface area (Å²) in [5.74, 6) is 1.05. The van der Waals surface area contributed by atoms with Gasteiger partial charge in [0.25, 0.3) is 5.56 Å². The average Bonchev–Trinajstić information content (AvgIpc) is 2.92. The highest BCUT2D eigenvalue weighted by Crippen LogP contribution is 2.22. The Morgan fingerprint density at radius 3 is 2.50 bits per heavy atom. The van der Waals surface area contributed by atoms with Crippen molar-refractivity contribution in [1.29, 1.82) is 0 Å². The van der Waals surface area contributed by atoms with E-state index >= 15 is 0 Å². The number of hydrogen-bond donors (Lipinski definition) is 1. The van der Waals surface area contributed by atoms with Gasteiger partial charge in [0.05, 0.1) is 0 Å². The molecule has 8 heteroatoms. The van der Waals surface area contributed by atoms with Gasteiger partial charge in [-0.05, 0) is 47.9 Å². The standard InChI is InChI=1S/C28H25ClN4O3/c29-24-8-4-3-7-22(24)18-36-23-11-9-20(10-12-23)27-30-28(35)25(31-32-27)13-14-26(34)33-16-15-19-5-1-2-6-21(19)17-33/h1-12H,13-18H2,(H,30,32,35). The minimum atomic E-state index is -0.337. The summed E-state index contributed by atoms with van der Waals surface area (Å²) in [5.41, 5.74) is 4.00. The van der Waals surface area contributed by atoms with Gasteiger partial charge in [0.2, 0.25) is 5.91 Å². The first-order chi connectivity index (χ1) is 17.6. The number of amides is 1. The monoisotopic (exact) mass is 500 g/mol. The van der Waals surface area contributed by atoms with Gasteiger partial charge in [0.15, 0.2) is 5.82 Å². The van der Waals surface area contributed by atoms with Gasteiger partial charge in [-0.15, -0.1) is 10.2 Å². The zero-order valence-electron chi connectivity index (χ0n) is 19.6. The first-order valence-corrected chi connectivity index (χ1v) is 12.2. The van der Waals surface area contributed by atoms with Crippen molar-refractivity contribution in [2.75, 3.05) is 6.54 Å². The summed E-state index contributed by atoms with van der Waals surface area (Å²) in [6.07, 6.45) is 1.31. The molecule has 0 aliphatic carbocycles. The molecule has 2 heterocycles. The number of fused-ring (bicyclic) bond motifs is 1. The number of halogens is 1. The van der Waals surface area contributed by atoms with Crippen LogP contribution in [-0.2, 0) is 30.8 Å². The predicted molar refractivity (Wildman–Crippen MR) is 138 cm³/mol. The molecule has 7 nitrogen and oxygen atoms in total. The summed E-state index contributed by atoms with van der Waals surface area (Å²) in [5, 5.41) is 8.94. The van der Waals surface area contributed by atoms with Gasteiger partial charge in [-0.2, -0.15) is 0 Å². The van der Waals surface area contributed by atoms with Gasteiger partial charge in [0, 0.05) is 42.1 Å². The average molecular weight is 501 g/mol. The highest BCUT2D eigenvalue weighted by atomic mass is 35.5. The lowest BCUT2D eigenvalue weighted by molar-refractivity contribution is -0.132. The molecule has 0 radical (unpaired) electrons. The zero-order chi connectivity index (χ0) is 24.9. The van der Waals surface area contributed by atoms with Crippen molar-refractivity contribution < 1.29 is 9.53 Å². The lowest BCUT2D eigenvalue weighted by Crippen LogP contribution is -2.36. The predicted octanol–water partition coefficient (Wildman–Crippen LogP) is 4.58. The lowest BCUT2D eigenvalue weighted by atomic mass is 9.99. The largest absolute Gasteiger partial charge is 0.489 e. The maximum Gasteiger partial charge on any atom is 0.273 e. The number of aryl methyl sites for hydroxylation is 1. The maximum atomic E-state index is 12.7. The third kappa shape index (κ3) is 5.47. The van der Waals surface area contributed by atoms with Crippen LogP contribution in [0.1, 0.15) is 28.8 Å². The molecule has 0 spiro atoms. The number of H-pyrrole nitrogens is 1. The Morgan fingerprint density at radius 1 is 0.972 bits per heavy atom. The Labute approximate surface area is 213 Å². The molecule has 182 valence electrons. The Balaban J connectivity index is 1.17. The van der Waals surface area contributed by atoms with E-state index in [9.17, 15) is 9.59 Å². The van der Waals surface area contributed by atoms with Crippen molar-refractivity contribution in [3.8, 4) is 17.1 Å². The number of hydrogen-bond acceptors (Lipinski definition) is 5. The Hall–Kier alpha value is -3.97. The Morgan fingerprint density at radius 2 is 1.72 bits per heavy atom. The van der Waals surface area contributed by atoms with Crippen molar-refractivity contribution in [2.45, 2.75) is 32.4 Å². The molecule has 1 aromatic heterocycles. The summed E-state index contributed by atoms with van der Waals surface area (Å²) in [7, 11) is 0. The van der Waals surface area contributed by atoms with Crippen LogP contribution < -0.4 is 10.3 Å². The number of carbonyl (C=O) groups excluding carboxylic acids is 1. The number of nitrogens with one attached hydrogen (secondary N) is 1. The number of aromatic nitrogens is 3. The van der Waals surface area contributed by atoms with Gasteiger partial charge in [-0.25, -0.2) is 0 Å². The summed E-state index contributed by atoms with van der Waals surface area (Å²) in [4.78, 5) is 29.9. The molecule has 0 saturated carbocycles. The first kappa shape index (κ1) is 23.8. The van der Waals surface area contributed by atoms with Gasteiger partial charge < -0.3 is 14.6 Å². The van der Waals surface area contributed by atoms with Crippen LogP contribution in [0, 0.1) is 0 Å². The molecule has 0 atom stereocenters. The highest BCUT2D eigenvalue weighted by molar-refractivity contribution is 6.31. The molecular formula is C28H25ClN4O3. The van der Waals surface area contributed by atoms with Crippen molar-refractivity contribution in [1.82, 2.24) is 20.1 Å². The molecular weight excluding hydrogens is 476 g/mol. The SMILES string of the molecule is O=C(CCc1nnc(-c2ccc(OCc3ccccc3Cl)cc2)[nH]c1=O)N1CCc2ccccc2C1. The van der Waals surface area contributed by atoms with Gasteiger partial charge in [0.1, 0.15) is 18.1 Å². The highest BCUT2D eigenvalue weighted by Gasteiger charge is 2.20. The summed E-state index contributed by atoms with van der Waals surface area (Å²) >= 11 is 6.17. The van der Waals surface area contributed by atoms with E-state index in [0.717, 1.165) is 12.0 Å². The van der Waals surface area contributed by atoms with E-state index in [1.165, 1.54) is 11.1 Å². The van der Waals surface area contributed by atoms with Crippen LogP contribution in [0.15, 0.2) is 77.6 Å². The van der Waals surface area contributed by atoms with Crippen LogP contribution in [-0.4, -0.2) is 32.5 Å². The van der Waals surface area contributed by atoms with Crippen molar-refractivity contribution in [3.05, 3.63) is 111 Å². The van der Waals surface area contributed by atoms with Crippen LogP contribution in [0.25, 0.3) is 11.4 Å². The first-order valence-electron chi connectivity index (χ1n) is 11.8. The van der Waals surface area contributed by atoms with E-state index in [2.05, 4.69) is 27.3 Å². The van der Waals surface area contributed by atoms with Crippen LogP contribution >= 0.6 is 11.6 Å². The lowest BCUT2D eigenvalue weighted by Gasteiger charge is -2.28. The molecule has 0 saturated heterocycles. The molecule has 0 bridgehead atoms. The van der Waals surface area contributed by atoms with E-state index in [1.807, 2.05) is 41.3 Å². The molecule has 1 aliphatic rings. The van der Waals surface area contributed by atoms with Crippen LogP contribution in [0.4, 0.5) is 0 Å². The summed E-state index contributed by atoms with van der Waals surface area (Å²) < 4.78 is 5.80. The topological polar surface area (TPSA) is 88.2 Å². The molecule has 3 aromatic carbocycles. The second-order valence-corrected chi connectivity index (χ2v) is 9.10. The molecule has 5 rings (SSSR count). The van der Waals surface area contributed by atoms with Crippen molar-refractivity contribution in [3.63, 3.8) is 0 Å². The molecule has 1 aliphatic heterocycles. The fraction of sp³-hybridized carbons (Fsp3) is 0.214. The fourth-order valence-electron chi connectivity index (χ4n) is 4.23. The minimum Gasteiger partial charge on any atom is -0.489 e. The Kier molecular flexibility index (Phi) is 7.09. The van der Waals surface area contributed by atoms with Gasteiger partial charge in [-0.1, -0.05) is 54.1 Å². The number of nitrogens with zero attached hydrogens (tertiary/aromatic N) is 3. The fourth-order valence-corrected chi connectivity index (χ4v) is 4.42. The third-order valence-corrected chi connectivity index (χ3v) is 6.67. The Bertz CT molecular complexity index is 1440.